The van der Waals surface area contributed by atoms with Crippen molar-refractivity contribution < 1.29 is 13.9 Å². The van der Waals surface area contributed by atoms with Gasteiger partial charge in [0.1, 0.15) is 12.4 Å². The molecule has 0 unspecified atom stereocenters. The molecular weight excluding hydrogens is 208 g/mol. The topological polar surface area (TPSA) is 57.3 Å². The van der Waals surface area contributed by atoms with Crippen LogP contribution in [0.1, 0.15) is 17.3 Å². The maximum absolute atomic E-state index is 11.5. The molecule has 5 heteroatoms. The van der Waals surface area contributed by atoms with Gasteiger partial charge in [0.25, 0.3) is 0 Å². The van der Waals surface area contributed by atoms with Crippen molar-refractivity contribution >= 4 is 5.97 Å². The fourth-order valence-electron chi connectivity index (χ4n) is 1.34. The van der Waals surface area contributed by atoms with Crippen LogP contribution in [0.25, 0.3) is 0 Å². The molecule has 0 spiro atoms. The van der Waals surface area contributed by atoms with Crippen LogP contribution < -0.4 is 0 Å². The summed E-state index contributed by atoms with van der Waals surface area (Å²) in [4.78, 5) is 11.5. The van der Waals surface area contributed by atoms with E-state index in [9.17, 15) is 4.79 Å². The molecule has 0 aliphatic rings. The van der Waals surface area contributed by atoms with E-state index in [1.807, 2.05) is 19.2 Å². The van der Waals surface area contributed by atoms with E-state index in [-0.39, 0.29) is 12.1 Å². The highest BCUT2D eigenvalue weighted by molar-refractivity contribution is 5.88. The zero-order valence-electron chi connectivity index (χ0n) is 8.87. The molecule has 0 radical (unpaired) electrons. The summed E-state index contributed by atoms with van der Waals surface area (Å²) in [5, 5.41) is 4.03. The minimum absolute atomic E-state index is 0.234. The van der Waals surface area contributed by atoms with Crippen molar-refractivity contribution in [2.75, 3.05) is 0 Å². The van der Waals surface area contributed by atoms with Crippen molar-refractivity contribution in [1.29, 1.82) is 0 Å². The first-order chi connectivity index (χ1) is 7.75. The molecule has 5 nitrogen and oxygen atoms in total. The SMILES string of the molecule is C[C@@H](Cn1cccn1)OC(=O)c1ccoc1. The molecular formula is C11H12N2O3. The predicted molar refractivity (Wildman–Crippen MR) is 55.8 cm³/mol. The van der Waals surface area contributed by atoms with E-state index in [2.05, 4.69) is 5.10 Å². The third-order valence-corrected chi connectivity index (χ3v) is 2.07. The Labute approximate surface area is 92.6 Å². The average Bonchev–Trinajstić information content (AvgIpc) is 2.88. The molecule has 0 saturated carbocycles. The molecule has 0 fully saturated rings. The molecule has 2 rings (SSSR count). The van der Waals surface area contributed by atoms with Crippen LogP contribution in [0.3, 0.4) is 0 Å². The molecule has 0 bridgehead atoms. The Morgan fingerprint density at radius 2 is 2.56 bits per heavy atom. The highest BCUT2D eigenvalue weighted by atomic mass is 16.5. The summed E-state index contributed by atoms with van der Waals surface area (Å²) in [5.74, 6) is -0.381. The number of esters is 1. The Morgan fingerprint density at radius 3 is 3.19 bits per heavy atom. The van der Waals surface area contributed by atoms with E-state index in [0.717, 1.165) is 0 Å². The summed E-state index contributed by atoms with van der Waals surface area (Å²) >= 11 is 0. The van der Waals surface area contributed by atoms with Gasteiger partial charge < -0.3 is 9.15 Å². The minimum Gasteiger partial charge on any atom is -0.472 e. The number of furan rings is 1. The lowest BCUT2D eigenvalue weighted by Crippen LogP contribution is -2.20. The smallest absolute Gasteiger partial charge is 0.341 e. The predicted octanol–water partition coefficient (Wildman–Crippen LogP) is 1.72. The zero-order valence-corrected chi connectivity index (χ0v) is 8.87. The fourth-order valence-corrected chi connectivity index (χ4v) is 1.34. The number of hydrogen-bond donors (Lipinski definition) is 0. The lowest BCUT2D eigenvalue weighted by atomic mass is 10.3. The van der Waals surface area contributed by atoms with Gasteiger partial charge in [-0.2, -0.15) is 5.10 Å². The average molecular weight is 220 g/mol. The van der Waals surface area contributed by atoms with Crippen molar-refractivity contribution in [1.82, 2.24) is 9.78 Å². The number of nitrogens with zero attached hydrogens (tertiary/aromatic N) is 2. The first-order valence-corrected chi connectivity index (χ1v) is 4.96. The van der Waals surface area contributed by atoms with Crippen LogP contribution in [0.4, 0.5) is 0 Å². The van der Waals surface area contributed by atoms with Crippen LogP contribution in [-0.2, 0) is 11.3 Å². The van der Waals surface area contributed by atoms with Gasteiger partial charge in [-0.1, -0.05) is 0 Å². The largest absolute Gasteiger partial charge is 0.472 e. The number of hydrogen-bond acceptors (Lipinski definition) is 4. The molecule has 0 aromatic carbocycles. The summed E-state index contributed by atoms with van der Waals surface area (Å²) in [7, 11) is 0. The Bertz CT molecular complexity index is 434. The number of aromatic nitrogens is 2. The van der Waals surface area contributed by atoms with Crippen molar-refractivity contribution in [2.24, 2.45) is 0 Å². The number of ether oxygens (including phenoxy) is 1. The first kappa shape index (κ1) is 10.5. The number of rotatable bonds is 4. The van der Waals surface area contributed by atoms with Gasteiger partial charge in [-0.25, -0.2) is 4.79 Å². The molecule has 0 aliphatic carbocycles. The third kappa shape index (κ3) is 2.50. The standard InChI is InChI=1S/C11H12N2O3/c1-9(7-13-5-2-4-12-13)16-11(14)10-3-6-15-8-10/h2-6,8-9H,7H2,1H3/t9-/m0/s1. The van der Waals surface area contributed by atoms with Crippen LogP contribution in [-0.4, -0.2) is 21.9 Å². The highest BCUT2D eigenvalue weighted by Gasteiger charge is 2.13. The summed E-state index contributed by atoms with van der Waals surface area (Å²) in [6, 6.07) is 3.40. The second kappa shape index (κ2) is 4.65. The molecule has 2 aromatic heterocycles. The summed E-state index contributed by atoms with van der Waals surface area (Å²) in [6.07, 6.45) is 6.08. The van der Waals surface area contributed by atoms with Gasteiger partial charge in [0.2, 0.25) is 0 Å². The fraction of sp³-hybridized carbons (Fsp3) is 0.273. The lowest BCUT2D eigenvalue weighted by molar-refractivity contribution is 0.0298. The van der Waals surface area contributed by atoms with E-state index in [1.54, 1.807) is 16.9 Å². The normalized spacial score (nSPS) is 12.3. The Hall–Kier alpha value is -2.04. The molecule has 0 N–H and O–H groups in total. The van der Waals surface area contributed by atoms with Gasteiger partial charge in [-0.15, -0.1) is 0 Å². The Balaban J connectivity index is 1.88. The Morgan fingerprint density at radius 1 is 1.69 bits per heavy atom. The number of carbonyl (C=O) groups is 1. The maximum Gasteiger partial charge on any atom is 0.341 e. The molecule has 0 saturated heterocycles. The molecule has 0 amide bonds. The zero-order chi connectivity index (χ0) is 11.4. The molecule has 0 aliphatic heterocycles. The third-order valence-electron chi connectivity index (χ3n) is 2.07. The number of carbonyl (C=O) groups excluding carboxylic acids is 1. The molecule has 2 heterocycles. The van der Waals surface area contributed by atoms with Crippen LogP contribution in [0.15, 0.2) is 41.5 Å². The minimum atomic E-state index is -0.381. The summed E-state index contributed by atoms with van der Waals surface area (Å²) < 4.78 is 11.7. The molecule has 16 heavy (non-hydrogen) atoms. The van der Waals surface area contributed by atoms with Crippen molar-refractivity contribution in [2.45, 2.75) is 19.6 Å². The van der Waals surface area contributed by atoms with E-state index in [0.29, 0.717) is 12.1 Å². The molecule has 84 valence electrons. The second-order valence-corrected chi connectivity index (χ2v) is 3.46. The van der Waals surface area contributed by atoms with Crippen LogP contribution in [0.2, 0.25) is 0 Å². The van der Waals surface area contributed by atoms with E-state index >= 15 is 0 Å². The van der Waals surface area contributed by atoms with Crippen molar-refractivity contribution in [3.8, 4) is 0 Å². The second-order valence-electron chi connectivity index (χ2n) is 3.46. The van der Waals surface area contributed by atoms with E-state index < -0.39 is 0 Å². The molecule has 2 aromatic rings. The maximum atomic E-state index is 11.5. The van der Waals surface area contributed by atoms with Crippen LogP contribution in [0.5, 0.6) is 0 Å². The van der Waals surface area contributed by atoms with E-state index in [4.69, 9.17) is 9.15 Å². The van der Waals surface area contributed by atoms with Crippen molar-refractivity contribution in [3.05, 3.63) is 42.6 Å². The van der Waals surface area contributed by atoms with Gasteiger partial charge in [0, 0.05) is 12.4 Å². The lowest BCUT2D eigenvalue weighted by Gasteiger charge is -2.12. The highest BCUT2D eigenvalue weighted by Crippen LogP contribution is 2.05. The summed E-state index contributed by atoms with van der Waals surface area (Å²) in [5.41, 5.74) is 0.423. The van der Waals surface area contributed by atoms with Gasteiger partial charge >= 0.3 is 5.97 Å². The van der Waals surface area contributed by atoms with Gasteiger partial charge in [0.15, 0.2) is 0 Å². The van der Waals surface area contributed by atoms with Gasteiger partial charge in [-0.05, 0) is 19.1 Å². The van der Waals surface area contributed by atoms with Gasteiger partial charge in [-0.3, -0.25) is 4.68 Å². The van der Waals surface area contributed by atoms with Crippen LogP contribution in [0, 0.1) is 0 Å². The van der Waals surface area contributed by atoms with E-state index in [1.165, 1.54) is 12.5 Å². The summed E-state index contributed by atoms with van der Waals surface area (Å²) in [6.45, 7) is 2.36. The quantitative estimate of drug-likeness (QED) is 0.736. The van der Waals surface area contributed by atoms with Crippen LogP contribution >= 0.6 is 0 Å². The molecule has 1 atom stereocenters. The monoisotopic (exact) mass is 220 g/mol. The van der Waals surface area contributed by atoms with Crippen molar-refractivity contribution in [3.63, 3.8) is 0 Å². The van der Waals surface area contributed by atoms with Gasteiger partial charge in [0.05, 0.1) is 18.4 Å². The Kier molecular flexibility index (Phi) is 3.05. The first-order valence-electron chi connectivity index (χ1n) is 4.96.